The summed E-state index contributed by atoms with van der Waals surface area (Å²) in [6.45, 7) is 2.22. The van der Waals surface area contributed by atoms with E-state index in [1.165, 1.54) is 17.1 Å². The van der Waals surface area contributed by atoms with E-state index in [-0.39, 0.29) is 11.5 Å². The minimum Gasteiger partial charge on any atom is -0.267 e. The van der Waals surface area contributed by atoms with Gasteiger partial charge in [-0.1, -0.05) is 12.1 Å². The lowest BCUT2D eigenvalue weighted by Crippen LogP contribution is -2.18. The molecule has 0 aliphatic carbocycles. The fourth-order valence-electron chi connectivity index (χ4n) is 1.56. The van der Waals surface area contributed by atoms with Crippen LogP contribution in [0.4, 0.5) is 4.39 Å². The molecule has 0 aliphatic rings. The molecule has 7 heteroatoms. The lowest BCUT2D eigenvalue weighted by Gasteiger charge is -2.01. The van der Waals surface area contributed by atoms with Crippen LogP contribution >= 0.6 is 15.9 Å². The quantitative estimate of drug-likeness (QED) is 0.688. The van der Waals surface area contributed by atoms with Crippen LogP contribution in [-0.4, -0.2) is 21.9 Å². The highest BCUT2D eigenvalue weighted by atomic mass is 79.9. The highest BCUT2D eigenvalue weighted by Crippen LogP contribution is 2.15. The molecule has 0 saturated heterocycles. The molecule has 2 aromatic rings. The highest BCUT2D eigenvalue weighted by molar-refractivity contribution is 9.10. The second-order valence-electron chi connectivity index (χ2n) is 3.89. The molecule has 5 nitrogen and oxygen atoms in total. The molecule has 0 bridgehead atoms. The third kappa shape index (κ3) is 3.11. The average molecular weight is 339 g/mol. The molecule has 0 spiro atoms. The molecule has 0 radical (unpaired) electrons. The van der Waals surface area contributed by atoms with Crippen LogP contribution in [0, 0.1) is 5.95 Å². The molecule has 2 rings (SSSR count). The van der Waals surface area contributed by atoms with Gasteiger partial charge in [-0.3, -0.25) is 4.79 Å². The topological polar surface area (TPSA) is 59.3 Å². The maximum absolute atomic E-state index is 13.6. The van der Waals surface area contributed by atoms with Crippen molar-refractivity contribution in [2.45, 2.75) is 13.5 Å². The van der Waals surface area contributed by atoms with E-state index in [2.05, 4.69) is 31.6 Å². The molecule has 1 aromatic carbocycles. The van der Waals surface area contributed by atoms with E-state index >= 15 is 0 Å². The number of benzene rings is 1. The Morgan fingerprint density at radius 2 is 2.30 bits per heavy atom. The normalized spacial score (nSPS) is 10.9. The maximum Gasteiger partial charge on any atom is 0.272 e. The predicted molar refractivity (Wildman–Crippen MR) is 77.1 cm³/mol. The zero-order chi connectivity index (χ0) is 14.5. The number of carbonyl (C=O) groups is 1. The van der Waals surface area contributed by atoms with Crippen LogP contribution in [0.25, 0.3) is 0 Å². The van der Waals surface area contributed by atoms with E-state index in [1.807, 2.05) is 0 Å². The number of halogens is 2. The minimum atomic E-state index is -0.480. The summed E-state index contributed by atoms with van der Waals surface area (Å²) >= 11 is 3.27. The Balaban J connectivity index is 2.05. The number of hydrogen-bond acceptors (Lipinski definition) is 3. The Hall–Kier alpha value is -2.02. The zero-order valence-corrected chi connectivity index (χ0v) is 12.3. The van der Waals surface area contributed by atoms with E-state index in [9.17, 15) is 9.18 Å². The molecular formula is C13H12BrFN4O. The Morgan fingerprint density at radius 3 is 2.95 bits per heavy atom. The van der Waals surface area contributed by atoms with Crippen LogP contribution in [0.1, 0.15) is 22.8 Å². The highest BCUT2D eigenvalue weighted by Gasteiger charge is 2.09. The number of nitrogens with one attached hydrogen (secondary N) is 1. The number of carbonyl (C=O) groups excluding carboxylic acids is 1. The first-order chi connectivity index (χ1) is 9.63. The van der Waals surface area contributed by atoms with Gasteiger partial charge in [-0.05, 0) is 35.0 Å². The van der Waals surface area contributed by atoms with E-state index in [1.54, 1.807) is 31.2 Å². The average Bonchev–Trinajstić information content (AvgIpc) is 2.80. The van der Waals surface area contributed by atoms with Crippen LogP contribution in [0.15, 0.2) is 40.0 Å². The molecule has 0 fully saturated rings. The van der Waals surface area contributed by atoms with Gasteiger partial charge in [0.1, 0.15) is 0 Å². The van der Waals surface area contributed by atoms with Crippen molar-refractivity contribution in [1.82, 2.24) is 15.2 Å². The summed E-state index contributed by atoms with van der Waals surface area (Å²) in [4.78, 5) is 11.8. The van der Waals surface area contributed by atoms with Crippen molar-refractivity contribution in [3.63, 3.8) is 0 Å². The fourth-order valence-corrected chi connectivity index (χ4v) is 2.02. The summed E-state index contributed by atoms with van der Waals surface area (Å²) in [5.41, 5.74) is 3.01. The van der Waals surface area contributed by atoms with Gasteiger partial charge in [0.05, 0.1) is 23.5 Å². The van der Waals surface area contributed by atoms with Gasteiger partial charge in [0, 0.05) is 11.0 Å². The number of rotatable bonds is 4. The summed E-state index contributed by atoms with van der Waals surface area (Å²) in [5.74, 6) is -0.858. The smallest absolute Gasteiger partial charge is 0.267 e. The van der Waals surface area contributed by atoms with Crippen molar-refractivity contribution in [2.75, 3.05) is 0 Å². The monoisotopic (exact) mass is 338 g/mol. The van der Waals surface area contributed by atoms with Crippen molar-refractivity contribution >= 4 is 28.1 Å². The standard InChI is InChI=1S/C13H12BrFN4O/c1-2-19-12(15)9(8-17-19)7-16-18-13(20)10-5-3-4-6-11(10)14/h3-8H,2H2,1H3,(H,18,20)/b16-7-. The minimum absolute atomic E-state index is 0.222. The molecule has 20 heavy (non-hydrogen) atoms. The molecule has 0 saturated carbocycles. The number of nitrogens with zero attached hydrogens (tertiary/aromatic N) is 3. The SMILES string of the molecule is CCn1ncc(/C=N\NC(=O)c2ccccc2Br)c1F. The second kappa shape index (κ2) is 6.42. The summed E-state index contributed by atoms with van der Waals surface area (Å²) in [5, 5.41) is 7.56. The third-order valence-corrected chi connectivity index (χ3v) is 3.28. The molecule has 0 unspecified atom stereocenters. The van der Waals surface area contributed by atoms with E-state index in [0.29, 0.717) is 16.6 Å². The number of aryl methyl sites for hydroxylation is 1. The van der Waals surface area contributed by atoms with Crippen LogP contribution in [0.2, 0.25) is 0 Å². The number of aromatic nitrogens is 2. The zero-order valence-electron chi connectivity index (χ0n) is 10.7. The lowest BCUT2D eigenvalue weighted by atomic mass is 10.2. The van der Waals surface area contributed by atoms with Gasteiger partial charge >= 0.3 is 0 Å². The Bertz CT molecular complexity index is 654. The van der Waals surface area contributed by atoms with E-state index in [0.717, 1.165) is 0 Å². The second-order valence-corrected chi connectivity index (χ2v) is 4.74. The van der Waals surface area contributed by atoms with Crippen LogP contribution in [0.5, 0.6) is 0 Å². The van der Waals surface area contributed by atoms with Crippen molar-refractivity contribution in [3.8, 4) is 0 Å². The molecule has 0 atom stereocenters. The molecular weight excluding hydrogens is 327 g/mol. The fraction of sp³-hybridized carbons (Fsp3) is 0.154. The first-order valence-corrected chi connectivity index (χ1v) is 6.72. The van der Waals surface area contributed by atoms with Crippen LogP contribution in [0.3, 0.4) is 0 Å². The summed E-state index contributed by atoms with van der Waals surface area (Å²) in [6.07, 6.45) is 2.58. The molecule has 1 N–H and O–H groups in total. The number of hydrogen-bond donors (Lipinski definition) is 1. The van der Waals surface area contributed by atoms with Crippen molar-refractivity contribution in [2.24, 2.45) is 5.10 Å². The van der Waals surface area contributed by atoms with Gasteiger partial charge < -0.3 is 0 Å². The van der Waals surface area contributed by atoms with Gasteiger partial charge in [-0.2, -0.15) is 14.6 Å². The molecule has 1 aromatic heterocycles. The summed E-state index contributed by atoms with van der Waals surface area (Å²) < 4.78 is 15.5. The molecule has 104 valence electrons. The van der Waals surface area contributed by atoms with Crippen molar-refractivity contribution in [3.05, 3.63) is 52.0 Å². The van der Waals surface area contributed by atoms with Gasteiger partial charge in [0.15, 0.2) is 0 Å². The van der Waals surface area contributed by atoms with E-state index in [4.69, 9.17) is 0 Å². The third-order valence-electron chi connectivity index (χ3n) is 2.59. The molecule has 0 aliphatic heterocycles. The number of amides is 1. The van der Waals surface area contributed by atoms with Crippen molar-refractivity contribution < 1.29 is 9.18 Å². The number of hydrazone groups is 1. The van der Waals surface area contributed by atoms with Gasteiger partial charge in [0.25, 0.3) is 5.91 Å². The van der Waals surface area contributed by atoms with Crippen molar-refractivity contribution in [1.29, 1.82) is 0 Å². The van der Waals surface area contributed by atoms with Gasteiger partial charge in [-0.25, -0.2) is 10.1 Å². The summed E-state index contributed by atoms with van der Waals surface area (Å²) in [7, 11) is 0. The molecule has 1 heterocycles. The first-order valence-electron chi connectivity index (χ1n) is 5.92. The van der Waals surface area contributed by atoms with Crippen LogP contribution in [-0.2, 0) is 6.54 Å². The maximum atomic E-state index is 13.6. The van der Waals surface area contributed by atoms with E-state index < -0.39 is 5.95 Å². The van der Waals surface area contributed by atoms with Gasteiger partial charge in [-0.15, -0.1) is 0 Å². The first kappa shape index (κ1) is 14.4. The largest absolute Gasteiger partial charge is 0.272 e. The predicted octanol–water partition coefficient (Wildman–Crippen LogP) is 2.57. The molecule has 1 amide bonds. The Kier molecular flexibility index (Phi) is 4.62. The van der Waals surface area contributed by atoms with Gasteiger partial charge in [0.2, 0.25) is 5.95 Å². The van der Waals surface area contributed by atoms with Crippen LogP contribution < -0.4 is 5.43 Å². The Morgan fingerprint density at radius 1 is 1.55 bits per heavy atom. The Labute approximate surface area is 123 Å². The summed E-state index contributed by atoms with van der Waals surface area (Å²) in [6, 6.07) is 6.96. The lowest BCUT2D eigenvalue weighted by molar-refractivity contribution is 0.0954.